The Bertz CT molecular complexity index is 1570. The minimum Gasteiger partial charge on any atom is -0.364 e. The lowest BCUT2D eigenvalue weighted by Gasteiger charge is -2.32. The highest BCUT2D eigenvalue weighted by Gasteiger charge is 2.32. The molecular weight excluding hydrogens is 567 g/mol. The number of rotatable bonds is 6. The lowest BCUT2D eigenvalue weighted by Crippen LogP contribution is -2.44. The maximum atomic E-state index is 13.1. The molecule has 1 aliphatic heterocycles. The first-order valence-corrected chi connectivity index (χ1v) is 13.6. The van der Waals surface area contributed by atoms with Gasteiger partial charge in [0.1, 0.15) is 0 Å². The van der Waals surface area contributed by atoms with Crippen LogP contribution in [0.4, 0.5) is 13.2 Å². The number of benzene rings is 3. The minimum absolute atomic E-state index is 0.164. The van der Waals surface area contributed by atoms with Crippen LogP contribution in [0.1, 0.15) is 29.0 Å². The first kappa shape index (κ1) is 28.8. The van der Waals surface area contributed by atoms with Crippen LogP contribution in [-0.4, -0.2) is 37.5 Å². The van der Waals surface area contributed by atoms with Gasteiger partial charge in [0.15, 0.2) is 0 Å². The third-order valence-corrected chi connectivity index (χ3v) is 7.55. The zero-order chi connectivity index (χ0) is 29.1. The Balaban J connectivity index is 1.80. The third-order valence-electron chi connectivity index (χ3n) is 6.02. The van der Waals surface area contributed by atoms with Crippen molar-refractivity contribution < 1.29 is 26.4 Å². The number of guanidine groups is 1. The van der Waals surface area contributed by atoms with E-state index in [2.05, 4.69) is 21.4 Å². The molecule has 0 aromatic heterocycles. The number of primary amides is 1. The topological polar surface area (TPSA) is 117 Å². The predicted molar refractivity (Wildman–Crippen MR) is 146 cm³/mol. The van der Waals surface area contributed by atoms with Crippen LogP contribution in [0.5, 0.6) is 0 Å². The van der Waals surface area contributed by atoms with Gasteiger partial charge in [0.25, 0.3) is 15.9 Å². The zero-order valence-corrected chi connectivity index (χ0v) is 22.3. The normalized spacial score (nSPS) is 16.3. The maximum absolute atomic E-state index is 13.1. The molecule has 40 heavy (non-hydrogen) atoms. The molecule has 1 unspecified atom stereocenters. The van der Waals surface area contributed by atoms with Gasteiger partial charge in [-0.3, -0.25) is 4.79 Å². The summed E-state index contributed by atoms with van der Waals surface area (Å²) in [5, 5.41) is 8.95. The largest absolute Gasteiger partial charge is 0.416 e. The van der Waals surface area contributed by atoms with Crippen molar-refractivity contribution in [1.82, 2.24) is 10.3 Å². The second-order valence-corrected chi connectivity index (χ2v) is 10.8. The lowest BCUT2D eigenvalue weighted by molar-refractivity contribution is -0.137. The number of hydrazone groups is 1. The number of hydrogen-bond donors (Lipinski definition) is 2. The van der Waals surface area contributed by atoms with E-state index < -0.39 is 38.5 Å². The van der Waals surface area contributed by atoms with E-state index in [-0.39, 0.29) is 18.2 Å². The Labute approximate surface area is 233 Å². The van der Waals surface area contributed by atoms with E-state index in [0.29, 0.717) is 34.9 Å². The summed E-state index contributed by atoms with van der Waals surface area (Å²) in [6.45, 7) is 3.67. The van der Waals surface area contributed by atoms with E-state index in [0.717, 1.165) is 17.7 Å². The van der Waals surface area contributed by atoms with Crippen LogP contribution < -0.4 is 11.1 Å². The fourth-order valence-corrected chi connectivity index (χ4v) is 5.07. The first-order chi connectivity index (χ1) is 18.8. The summed E-state index contributed by atoms with van der Waals surface area (Å²) in [4.78, 5) is 11.2. The summed E-state index contributed by atoms with van der Waals surface area (Å²) in [7, 11) is -4.56. The quantitative estimate of drug-likeness (QED) is 0.241. The molecule has 13 heteroatoms. The average Bonchev–Trinajstić information content (AvgIpc) is 2.92. The summed E-state index contributed by atoms with van der Waals surface area (Å²) in [6.07, 6.45) is -4.18. The van der Waals surface area contributed by atoms with Gasteiger partial charge in [-0.2, -0.15) is 26.7 Å². The van der Waals surface area contributed by atoms with E-state index in [1.54, 1.807) is 24.3 Å². The number of amides is 1. The molecule has 3 aromatic rings. The van der Waals surface area contributed by atoms with Crippen LogP contribution in [0.2, 0.25) is 5.02 Å². The molecule has 1 atom stereocenters. The highest BCUT2D eigenvalue weighted by Crippen LogP contribution is 2.31. The molecule has 3 aromatic carbocycles. The maximum Gasteiger partial charge on any atom is 0.416 e. The van der Waals surface area contributed by atoms with Crippen molar-refractivity contribution in [2.75, 3.05) is 6.54 Å². The number of hydrogen-bond acceptors (Lipinski definition) is 4. The van der Waals surface area contributed by atoms with Gasteiger partial charge >= 0.3 is 6.18 Å². The molecule has 1 amide bonds. The van der Waals surface area contributed by atoms with Crippen molar-refractivity contribution in [2.45, 2.75) is 23.4 Å². The lowest BCUT2D eigenvalue weighted by atomic mass is 9.86. The molecule has 4 rings (SSSR count). The van der Waals surface area contributed by atoms with Crippen molar-refractivity contribution in [3.05, 3.63) is 113 Å². The van der Waals surface area contributed by atoms with E-state index in [4.69, 9.17) is 17.3 Å². The van der Waals surface area contributed by atoms with E-state index >= 15 is 0 Å². The molecule has 0 spiro atoms. The second kappa shape index (κ2) is 11.5. The van der Waals surface area contributed by atoms with E-state index in [1.807, 2.05) is 30.3 Å². The van der Waals surface area contributed by atoms with Gasteiger partial charge in [-0.05, 0) is 53.9 Å². The van der Waals surface area contributed by atoms with Gasteiger partial charge in [-0.25, -0.2) is 5.01 Å². The smallest absolute Gasteiger partial charge is 0.364 e. The Morgan fingerprint density at radius 1 is 1.05 bits per heavy atom. The summed E-state index contributed by atoms with van der Waals surface area (Å²) in [6, 6.07) is 19.4. The highest BCUT2D eigenvalue weighted by atomic mass is 35.5. The van der Waals surface area contributed by atoms with E-state index in [1.165, 1.54) is 5.01 Å². The van der Waals surface area contributed by atoms with Gasteiger partial charge in [0.2, 0.25) is 5.96 Å². The molecule has 3 N–H and O–H groups in total. The van der Waals surface area contributed by atoms with E-state index in [9.17, 15) is 26.4 Å². The Hall–Kier alpha value is -4.16. The van der Waals surface area contributed by atoms with Gasteiger partial charge in [-0.15, -0.1) is 4.40 Å². The number of nitrogens with zero attached hydrogens (tertiary/aromatic N) is 3. The molecule has 0 saturated heterocycles. The molecule has 8 nitrogen and oxygen atoms in total. The zero-order valence-electron chi connectivity index (χ0n) is 20.8. The Kier molecular flexibility index (Phi) is 8.31. The summed E-state index contributed by atoms with van der Waals surface area (Å²) >= 11 is 6.07. The summed E-state index contributed by atoms with van der Waals surface area (Å²) < 4.78 is 69.0. The minimum atomic E-state index is -4.65. The number of carbonyl (C=O) groups is 1. The third kappa shape index (κ3) is 6.69. The predicted octanol–water partition coefficient (Wildman–Crippen LogP) is 4.89. The monoisotopic (exact) mass is 589 g/mol. The fourth-order valence-electron chi connectivity index (χ4n) is 3.99. The number of nitrogens with two attached hydrogens (primary N) is 1. The van der Waals surface area contributed by atoms with Crippen LogP contribution >= 0.6 is 11.6 Å². The highest BCUT2D eigenvalue weighted by molar-refractivity contribution is 7.90. The van der Waals surface area contributed by atoms with Crippen LogP contribution in [-0.2, 0) is 21.0 Å². The Morgan fingerprint density at radius 3 is 2.25 bits per heavy atom. The SMILES string of the molecule is C=C(NC(=NS(=O)(=O)c1ccc(C(F)(F)F)cc1)N1CCC(c2ccccc2)C(c2ccc(Cl)cc2)=N1)C(N)=O. The second-order valence-electron chi connectivity index (χ2n) is 8.75. The first-order valence-electron chi connectivity index (χ1n) is 11.8. The van der Waals surface area contributed by atoms with Crippen molar-refractivity contribution in [3.63, 3.8) is 0 Å². The van der Waals surface area contributed by atoms with Crippen LogP contribution in [0.25, 0.3) is 0 Å². The molecule has 0 fully saturated rings. The molecular formula is C27H23ClF3N5O3S. The number of alkyl halides is 3. The number of halogens is 4. The van der Waals surface area contributed by atoms with Gasteiger partial charge in [0.05, 0.1) is 21.9 Å². The summed E-state index contributed by atoms with van der Waals surface area (Å²) in [5.74, 6) is -1.55. The molecule has 0 saturated carbocycles. The van der Waals surface area contributed by atoms with Crippen molar-refractivity contribution in [1.29, 1.82) is 0 Å². The van der Waals surface area contributed by atoms with Gasteiger partial charge in [-0.1, -0.05) is 60.6 Å². The standard InChI is InChI=1S/C27H23ClF3N5O3S/c1-17(25(32)37)33-26(35-40(38,39)22-13-9-20(10-14-22)27(29,30)31)36-16-15-23(18-5-3-2-4-6-18)24(34-36)19-7-11-21(28)12-8-19/h2-14,23H,1,15-16H2,(H2,32,37)(H,33,35). The fraction of sp³-hybridized carbons (Fsp3) is 0.148. The molecule has 0 aliphatic carbocycles. The molecule has 208 valence electrons. The van der Waals surface area contributed by atoms with Crippen molar-refractivity contribution in [2.24, 2.45) is 15.2 Å². The molecule has 0 bridgehead atoms. The number of nitrogens with one attached hydrogen (secondary N) is 1. The van der Waals surface area contributed by atoms with Crippen LogP contribution in [0.15, 0.2) is 106 Å². The van der Waals surface area contributed by atoms with Gasteiger partial charge < -0.3 is 11.1 Å². The molecule has 1 heterocycles. The molecule has 1 aliphatic rings. The average molecular weight is 590 g/mol. The number of carbonyl (C=O) groups excluding carboxylic acids is 1. The van der Waals surface area contributed by atoms with Crippen LogP contribution in [0.3, 0.4) is 0 Å². The Morgan fingerprint density at radius 2 is 1.68 bits per heavy atom. The van der Waals surface area contributed by atoms with Gasteiger partial charge in [0, 0.05) is 17.5 Å². The molecule has 0 radical (unpaired) electrons. The summed E-state index contributed by atoms with van der Waals surface area (Å²) in [5.41, 5.74) is 6.17. The number of sulfonamides is 1. The van der Waals surface area contributed by atoms with Crippen molar-refractivity contribution >= 4 is 39.2 Å². The van der Waals surface area contributed by atoms with Crippen LogP contribution in [0, 0.1) is 0 Å². The van der Waals surface area contributed by atoms with Crippen molar-refractivity contribution in [3.8, 4) is 0 Å².